The van der Waals surface area contributed by atoms with Crippen LogP contribution in [0.3, 0.4) is 0 Å². The molecule has 1 aliphatic rings. The molecule has 2 N–H and O–H groups in total. The molecule has 4 heteroatoms. The second-order valence-electron chi connectivity index (χ2n) is 5.14. The Balaban J connectivity index is 0. The Labute approximate surface area is 148 Å². The first-order chi connectivity index (χ1) is 11.7. The molecule has 0 fully saturated rings. The van der Waals surface area contributed by atoms with Crippen molar-refractivity contribution in [3.63, 3.8) is 0 Å². The van der Waals surface area contributed by atoms with Gasteiger partial charge in [-0.25, -0.2) is 0 Å². The summed E-state index contributed by atoms with van der Waals surface area (Å²) in [7, 11) is 0. The Bertz CT molecular complexity index is 434. The van der Waals surface area contributed by atoms with E-state index in [1.54, 1.807) is 0 Å². The molecule has 0 saturated heterocycles. The normalized spacial score (nSPS) is 11.3. The minimum atomic E-state index is 0.139. The summed E-state index contributed by atoms with van der Waals surface area (Å²) in [5, 5.41) is 0. The molecule has 0 atom stereocenters. The molecule has 0 aromatic heterocycles. The molecule has 1 aliphatic heterocycles. The summed E-state index contributed by atoms with van der Waals surface area (Å²) in [6, 6.07) is 6.65. The molecule has 0 radical (unpaired) electrons. The van der Waals surface area contributed by atoms with Gasteiger partial charge in [0.1, 0.15) is 12.6 Å². The third kappa shape index (κ3) is 10.2. The first kappa shape index (κ1) is 24.6. The molecule has 24 heavy (non-hydrogen) atoms. The average Bonchev–Trinajstić information content (AvgIpc) is 2.64. The van der Waals surface area contributed by atoms with E-state index >= 15 is 0 Å². The third-order valence-corrected chi connectivity index (χ3v) is 3.16. The second-order valence-corrected chi connectivity index (χ2v) is 5.14. The van der Waals surface area contributed by atoms with E-state index in [0.717, 1.165) is 32.1 Å². The van der Waals surface area contributed by atoms with Crippen molar-refractivity contribution in [3.8, 4) is 0 Å². The van der Waals surface area contributed by atoms with Gasteiger partial charge < -0.3 is 20.2 Å². The predicted octanol–water partition coefficient (Wildman–Crippen LogP) is 3.79. The van der Waals surface area contributed by atoms with Crippen LogP contribution in [0, 0.1) is 0 Å². The first-order valence-corrected chi connectivity index (χ1v) is 9.12. The van der Waals surface area contributed by atoms with Crippen molar-refractivity contribution in [3.05, 3.63) is 29.3 Å². The lowest BCUT2D eigenvalue weighted by Gasteiger charge is -2.30. The molecule has 0 bridgehead atoms. The fraction of sp³-hybridized carbons (Fsp3) is 0.600. The predicted molar refractivity (Wildman–Crippen MR) is 105 cm³/mol. The molecule has 138 valence electrons. The van der Waals surface area contributed by atoms with Gasteiger partial charge in [-0.15, -0.1) is 0 Å². The van der Waals surface area contributed by atoms with Crippen LogP contribution in [-0.2, 0) is 22.4 Å². The van der Waals surface area contributed by atoms with Crippen LogP contribution in [0.4, 0.5) is 5.69 Å². The summed E-state index contributed by atoms with van der Waals surface area (Å²) in [5.41, 5.74) is 8.67. The quantitative estimate of drug-likeness (QED) is 0.850. The smallest absolute Gasteiger partial charge is 0.139 e. The van der Waals surface area contributed by atoms with Gasteiger partial charge in [-0.05, 0) is 36.5 Å². The number of hydrogen-bond acceptors (Lipinski definition) is 4. The van der Waals surface area contributed by atoms with Crippen molar-refractivity contribution >= 4 is 18.3 Å². The van der Waals surface area contributed by atoms with Gasteiger partial charge in [0.05, 0.1) is 6.54 Å². The number of rotatable bonds is 4. The summed E-state index contributed by atoms with van der Waals surface area (Å²) < 4.78 is 0. The Morgan fingerprint density at radius 1 is 1.12 bits per heavy atom. The number of aldehydes is 2. The lowest BCUT2D eigenvalue weighted by Crippen LogP contribution is -2.31. The van der Waals surface area contributed by atoms with Crippen molar-refractivity contribution in [2.45, 2.75) is 60.3 Å². The Morgan fingerprint density at radius 2 is 1.71 bits per heavy atom. The second kappa shape index (κ2) is 17.7. The number of nitrogens with zero attached hydrogens (tertiary/aromatic N) is 1. The van der Waals surface area contributed by atoms with Crippen molar-refractivity contribution < 1.29 is 9.59 Å². The number of fused-ring (bicyclic) bond motifs is 1. The molecule has 0 aliphatic carbocycles. The molecular weight excluding hydrogens is 300 g/mol. The van der Waals surface area contributed by atoms with Gasteiger partial charge in [0.25, 0.3) is 0 Å². The van der Waals surface area contributed by atoms with Crippen molar-refractivity contribution in [1.29, 1.82) is 0 Å². The van der Waals surface area contributed by atoms with Gasteiger partial charge in [-0.2, -0.15) is 0 Å². The molecule has 0 saturated carbocycles. The maximum absolute atomic E-state index is 10.6. The highest BCUT2D eigenvalue weighted by molar-refractivity contribution is 5.65. The monoisotopic (exact) mass is 336 g/mol. The standard InChI is InChI=1S/C13H17NO.C3H8.C2H5NO.C2H6/c1-2-11-5-6-12-4-3-7-14(8-9-15)13(12)10-11;1-3-2;3-1-2-4;1-2/h5-6,9-10H,2-4,7-8H2,1H3;3H2,1-2H3;2H,1,3H2;1-2H3. The number of anilines is 1. The minimum absolute atomic E-state index is 0.139. The zero-order valence-electron chi connectivity index (χ0n) is 16.2. The van der Waals surface area contributed by atoms with Crippen molar-refractivity contribution in [2.24, 2.45) is 5.73 Å². The lowest BCUT2D eigenvalue weighted by atomic mass is 9.99. The molecule has 0 amide bonds. The van der Waals surface area contributed by atoms with E-state index in [0.29, 0.717) is 12.8 Å². The zero-order chi connectivity index (χ0) is 18.8. The Hall–Kier alpha value is -1.68. The van der Waals surface area contributed by atoms with Crippen LogP contribution in [0.15, 0.2) is 18.2 Å². The van der Waals surface area contributed by atoms with Crippen LogP contribution >= 0.6 is 0 Å². The van der Waals surface area contributed by atoms with E-state index in [1.165, 1.54) is 23.2 Å². The number of nitrogens with two attached hydrogens (primary N) is 1. The third-order valence-electron chi connectivity index (χ3n) is 3.16. The molecule has 2 rings (SSSR count). The number of hydrogen-bond donors (Lipinski definition) is 1. The van der Waals surface area contributed by atoms with Gasteiger partial charge >= 0.3 is 0 Å². The number of benzene rings is 1. The molecule has 1 aromatic carbocycles. The molecule has 4 nitrogen and oxygen atoms in total. The van der Waals surface area contributed by atoms with Gasteiger partial charge in [0.15, 0.2) is 0 Å². The Morgan fingerprint density at radius 3 is 2.17 bits per heavy atom. The largest absolute Gasteiger partial charge is 0.364 e. The minimum Gasteiger partial charge on any atom is -0.364 e. The van der Waals surface area contributed by atoms with E-state index in [9.17, 15) is 4.79 Å². The maximum atomic E-state index is 10.6. The van der Waals surface area contributed by atoms with Crippen LogP contribution < -0.4 is 10.6 Å². The van der Waals surface area contributed by atoms with E-state index in [1.807, 2.05) is 13.8 Å². The summed E-state index contributed by atoms with van der Waals surface area (Å²) in [6.07, 6.45) is 6.26. The fourth-order valence-electron chi connectivity index (χ4n) is 2.20. The van der Waals surface area contributed by atoms with Gasteiger partial charge in [0.2, 0.25) is 0 Å². The highest BCUT2D eigenvalue weighted by Gasteiger charge is 2.16. The first-order valence-electron chi connectivity index (χ1n) is 9.12. The number of carbonyl (C=O) groups excluding carboxylic acids is 2. The fourth-order valence-corrected chi connectivity index (χ4v) is 2.20. The van der Waals surface area contributed by atoms with E-state index < -0.39 is 0 Å². The highest BCUT2D eigenvalue weighted by atomic mass is 16.1. The van der Waals surface area contributed by atoms with Crippen LogP contribution in [0.5, 0.6) is 0 Å². The highest BCUT2D eigenvalue weighted by Crippen LogP contribution is 2.27. The van der Waals surface area contributed by atoms with Crippen LogP contribution in [0.1, 0.15) is 58.6 Å². The zero-order valence-corrected chi connectivity index (χ0v) is 16.2. The van der Waals surface area contributed by atoms with E-state index in [2.05, 4.69) is 49.6 Å². The topological polar surface area (TPSA) is 63.4 Å². The molecule has 0 unspecified atom stereocenters. The molecule has 1 heterocycles. The van der Waals surface area contributed by atoms with Gasteiger partial charge in [-0.3, -0.25) is 0 Å². The molecular formula is C20H36N2O2. The van der Waals surface area contributed by atoms with Crippen LogP contribution in [0.25, 0.3) is 0 Å². The number of aryl methyl sites for hydroxylation is 2. The Kier molecular flexibility index (Phi) is 18.1. The molecule has 1 aromatic rings. The summed E-state index contributed by atoms with van der Waals surface area (Å²) in [5.74, 6) is 0. The maximum Gasteiger partial charge on any atom is 0.139 e. The van der Waals surface area contributed by atoms with Crippen molar-refractivity contribution in [1.82, 2.24) is 0 Å². The lowest BCUT2D eigenvalue weighted by molar-refractivity contribution is -0.107. The summed E-state index contributed by atoms with van der Waals surface area (Å²) in [6.45, 7) is 12.1. The summed E-state index contributed by atoms with van der Waals surface area (Å²) >= 11 is 0. The number of carbonyl (C=O) groups is 2. The van der Waals surface area contributed by atoms with Crippen LogP contribution in [-0.4, -0.2) is 32.2 Å². The van der Waals surface area contributed by atoms with Crippen LogP contribution in [0.2, 0.25) is 0 Å². The summed E-state index contributed by atoms with van der Waals surface area (Å²) in [4.78, 5) is 21.8. The van der Waals surface area contributed by atoms with Gasteiger partial charge in [0, 0.05) is 18.8 Å². The van der Waals surface area contributed by atoms with Crippen molar-refractivity contribution in [2.75, 3.05) is 24.5 Å². The SMILES string of the molecule is CC.CCC.CCc1ccc2c(c1)N(CC=O)CCC2.NCC=O. The van der Waals surface area contributed by atoms with E-state index in [-0.39, 0.29) is 6.54 Å². The molecule has 0 spiro atoms. The van der Waals surface area contributed by atoms with E-state index in [4.69, 9.17) is 4.79 Å². The van der Waals surface area contributed by atoms with Gasteiger partial charge in [-0.1, -0.05) is 53.2 Å². The average molecular weight is 337 g/mol.